The van der Waals surface area contributed by atoms with Crippen LogP contribution in [0, 0.1) is 0 Å². The van der Waals surface area contributed by atoms with Gasteiger partial charge >= 0.3 is 0 Å². The molecule has 0 aromatic heterocycles. The molecular weight excluding hydrogens is 221 g/mol. The molecule has 0 atom stereocenters. The molecule has 0 unspecified atom stereocenters. The fraction of sp³-hybridized carbons (Fsp3) is 0. The largest absolute Gasteiger partial charge is 0.338 e. The van der Waals surface area contributed by atoms with E-state index in [1.165, 1.54) is 11.1 Å². The lowest BCUT2D eigenvalue weighted by atomic mass is 10.1. The van der Waals surface area contributed by atoms with Crippen LogP contribution in [0.5, 0.6) is 0 Å². The molecule has 0 heterocycles. The molecule has 16 heavy (non-hydrogen) atoms. The van der Waals surface area contributed by atoms with Crippen LogP contribution in [-0.2, 0) is 0 Å². The van der Waals surface area contributed by atoms with E-state index < -0.39 is 8.53 Å². The summed E-state index contributed by atoms with van der Waals surface area (Å²) in [6.07, 6.45) is 0. The molecule has 0 fully saturated rings. The maximum atomic E-state index is 7.45. The molecule has 4 N–H and O–H groups in total. The van der Waals surface area contributed by atoms with E-state index in [0.717, 1.165) is 0 Å². The summed E-state index contributed by atoms with van der Waals surface area (Å²) in [5.74, 6) is 0. The minimum absolute atomic E-state index is 1.28. The van der Waals surface area contributed by atoms with Gasteiger partial charge in [-0.3, -0.25) is 5.50 Å². The third-order valence-electron chi connectivity index (χ3n) is 1.88. The van der Waals surface area contributed by atoms with Crippen LogP contribution in [0.25, 0.3) is 11.1 Å². The quantitative estimate of drug-likeness (QED) is 0.665. The molecule has 3 nitrogen and oxygen atoms in total. The highest BCUT2D eigenvalue weighted by Gasteiger charge is 1.91. The van der Waals surface area contributed by atoms with Gasteiger partial charge in [0.15, 0.2) is 0 Å². The van der Waals surface area contributed by atoms with Crippen molar-refractivity contribution in [1.82, 2.24) is 0 Å². The van der Waals surface area contributed by atoms with Crippen LogP contribution in [0.15, 0.2) is 60.7 Å². The molecule has 0 bridgehead atoms. The Morgan fingerprint density at radius 1 is 0.688 bits per heavy atom. The lowest BCUT2D eigenvalue weighted by Gasteiger charge is -1.98. The number of benzene rings is 2. The predicted octanol–water partition coefficient (Wildman–Crippen LogP) is 2.51. The Balaban J connectivity index is 0.000000280. The summed E-state index contributed by atoms with van der Waals surface area (Å²) < 4.78 is 0. The zero-order valence-electron chi connectivity index (χ0n) is 8.69. The Hall–Kier alpha value is -1.25. The molecule has 0 radical (unpaired) electrons. The Labute approximate surface area is 96.2 Å². The van der Waals surface area contributed by atoms with Crippen molar-refractivity contribution in [3.63, 3.8) is 0 Å². The average Bonchev–Trinajstić information content (AvgIpc) is 2.31. The minimum atomic E-state index is -2.12. The SMILES string of the molecule is NP(O)O.c1ccc(-c2ccccc2)cc1. The Morgan fingerprint density at radius 2 is 0.938 bits per heavy atom. The van der Waals surface area contributed by atoms with Crippen molar-refractivity contribution in [2.24, 2.45) is 5.50 Å². The van der Waals surface area contributed by atoms with E-state index in [4.69, 9.17) is 9.79 Å². The highest BCUT2D eigenvalue weighted by molar-refractivity contribution is 7.42. The first-order valence-electron chi connectivity index (χ1n) is 4.73. The van der Waals surface area contributed by atoms with Gasteiger partial charge < -0.3 is 9.79 Å². The third-order valence-corrected chi connectivity index (χ3v) is 1.88. The standard InChI is InChI=1S/C12H10.H4NO2P/c1-3-7-11(8-4-1)12-9-5-2-6-10-12;1-4(2)3/h1-10H;2-3H,1H2. The van der Waals surface area contributed by atoms with E-state index in [1.807, 2.05) is 12.1 Å². The lowest BCUT2D eigenvalue weighted by molar-refractivity contribution is 0.485. The van der Waals surface area contributed by atoms with Gasteiger partial charge in [0.25, 0.3) is 0 Å². The van der Waals surface area contributed by atoms with Crippen LogP contribution in [0.1, 0.15) is 0 Å². The minimum Gasteiger partial charge on any atom is -0.338 e. The Morgan fingerprint density at radius 3 is 1.19 bits per heavy atom. The van der Waals surface area contributed by atoms with Gasteiger partial charge in [0.2, 0.25) is 8.53 Å². The van der Waals surface area contributed by atoms with Gasteiger partial charge in [-0.15, -0.1) is 0 Å². The second kappa shape index (κ2) is 7.09. The second-order valence-corrected chi connectivity index (χ2v) is 3.69. The smallest absolute Gasteiger partial charge is 0.247 e. The molecule has 0 spiro atoms. The van der Waals surface area contributed by atoms with Crippen LogP contribution in [0.3, 0.4) is 0 Å². The van der Waals surface area contributed by atoms with Crippen LogP contribution >= 0.6 is 8.53 Å². The monoisotopic (exact) mass is 235 g/mol. The average molecular weight is 235 g/mol. The van der Waals surface area contributed by atoms with Gasteiger partial charge in [-0.25, -0.2) is 0 Å². The van der Waals surface area contributed by atoms with Crippen LogP contribution in [0.4, 0.5) is 0 Å². The third kappa shape index (κ3) is 5.01. The predicted molar refractivity (Wildman–Crippen MR) is 67.4 cm³/mol. The van der Waals surface area contributed by atoms with E-state index in [9.17, 15) is 0 Å². The molecule has 0 aliphatic carbocycles. The first-order chi connectivity index (χ1) is 7.70. The normalized spacial score (nSPS) is 9.50. The van der Waals surface area contributed by atoms with Crippen molar-refractivity contribution < 1.29 is 9.79 Å². The number of nitrogens with two attached hydrogens (primary N) is 1. The maximum absolute atomic E-state index is 7.45. The van der Waals surface area contributed by atoms with Crippen LogP contribution in [0.2, 0.25) is 0 Å². The molecule has 4 heteroatoms. The molecule has 0 saturated heterocycles. The van der Waals surface area contributed by atoms with Gasteiger partial charge in [0, 0.05) is 0 Å². The van der Waals surface area contributed by atoms with Crippen LogP contribution < -0.4 is 5.50 Å². The van der Waals surface area contributed by atoms with E-state index >= 15 is 0 Å². The molecule has 0 aliphatic rings. The van der Waals surface area contributed by atoms with Crippen molar-refractivity contribution in [2.45, 2.75) is 0 Å². The molecule has 0 amide bonds. The summed E-state index contributed by atoms with van der Waals surface area (Å²) in [6.45, 7) is 0. The van der Waals surface area contributed by atoms with Crippen molar-refractivity contribution in [3.8, 4) is 11.1 Å². The Kier molecular flexibility index (Phi) is 5.68. The van der Waals surface area contributed by atoms with Crippen molar-refractivity contribution in [1.29, 1.82) is 0 Å². The zero-order valence-corrected chi connectivity index (χ0v) is 9.59. The summed E-state index contributed by atoms with van der Waals surface area (Å²) >= 11 is 0. The fourth-order valence-electron chi connectivity index (χ4n) is 1.26. The van der Waals surface area contributed by atoms with Gasteiger partial charge in [0.1, 0.15) is 0 Å². The van der Waals surface area contributed by atoms with E-state index in [2.05, 4.69) is 54.0 Å². The molecule has 0 aliphatic heterocycles. The molecule has 2 rings (SSSR count). The number of hydrogen-bond acceptors (Lipinski definition) is 3. The van der Waals surface area contributed by atoms with Crippen molar-refractivity contribution in [2.75, 3.05) is 0 Å². The van der Waals surface area contributed by atoms with Gasteiger partial charge in [-0.1, -0.05) is 60.7 Å². The fourth-order valence-corrected chi connectivity index (χ4v) is 1.26. The molecule has 2 aromatic rings. The topological polar surface area (TPSA) is 66.5 Å². The van der Waals surface area contributed by atoms with Gasteiger partial charge in [-0.2, -0.15) is 0 Å². The summed E-state index contributed by atoms with van der Waals surface area (Å²) in [4.78, 5) is 14.9. The summed E-state index contributed by atoms with van der Waals surface area (Å²) in [5.41, 5.74) is 6.84. The highest BCUT2D eigenvalue weighted by atomic mass is 31.2. The van der Waals surface area contributed by atoms with E-state index in [1.54, 1.807) is 0 Å². The molecule has 0 saturated carbocycles. The number of hydrogen-bond donors (Lipinski definition) is 3. The number of rotatable bonds is 1. The molecule has 84 valence electrons. The van der Waals surface area contributed by atoms with Gasteiger partial charge in [-0.05, 0) is 11.1 Å². The molecular formula is C12H14NO2P. The second-order valence-electron chi connectivity index (χ2n) is 3.05. The first kappa shape index (κ1) is 12.8. The Bertz CT molecular complexity index is 352. The van der Waals surface area contributed by atoms with Crippen molar-refractivity contribution >= 4 is 8.53 Å². The van der Waals surface area contributed by atoms with E-state index in [-0.39, 0.29) is 0 Å². The highest BCUT2D eigenvalue weighted by Crippen LogP contribution is 2.17. The lowest BCUT2D eigenvalue weighted by Crippen LogP contribution is -1.78. The van der Waals surface area contributed by atoms with E-state index in [0.29, 0.717) is 0 Å². The summed E-state index contributed by atoms with van der Waals surface area (Å²) in [6, 6.07) is 20.8. The summed E-state index contributed by atoms with van der Waals surface area (Å²) in [7, 11) is -2.12. The van der Waals surface area contributed by atoms with Crippen LogP contribution in [-0.4, -0.2) is 9.79 Å². The van der Waals surface area contributed by atoms with Crippen molar-refractivity contribution in [3.05, 3.63) is 60.7 Å². The maximum Gasteiger partial charge on any atom is 0.247 e. The molecule has 2 aromatic carbocycles. The van der Waals surface area contributed by atoms with Gasteiger partial charge in [0.05, 0.1) is 0 Å². The summed E-state index contributed by atoms with van der Waals surface area (Å²) in [5, 5.41) is 0. The zero-order chi connectivity index (χ0) is 11.8. The first-order valence-corrected chi connectivity index (χ1v) is 6.05.